The highest BCUT2D eigenvalue weighted by Crippen LogP contribution is 2.37. The first-order chi connectivity index (χ1) is 36.4. The number of benzene rings is 4. The van der Waals surface area contributed by atoms with E-state index in [9.17, 15) is 33.6 Å². The third kappa shape index (κ3) is 11.7. The Labute approximate surface area is 432 Å². The van der Waals surface area contributed by atoms with E-state index >= 15 is 0 Å². The van der Waals surface area contributed by atoms with Crippen LogP contribution in [0.15, 0.2) is 104 Å². The fourth-order valence-electron chi connectivity index (χ4n) is 9.37. The fourth-order valence-corrected chi connectivity index (χ4v) is 9.37. The van der Waals surface area contributed by atoms with Crippen LogP contribution in [0.2, 0.25) is 0 Å². The zero-order valence-electron chi connectivity index (χ0n) is 41.6. The van der Waals surface area contributed by atoms with E-state index in [4.69, 9.17) is 19.2 Å². The number of hydrogen-bond donors (Lipinski definition) is 4. The topological polar surface area (TPSA) is 237 Å². The van der Waals surface area contributed by atoms with E-state index in [0.29, 0.717) is 73.8 Å². The summed E-state index contributed by atoms with van der Waals surface area (Å²) in [6, 6.07) is 23.8. The summed E-state index contributed by atoms with van der Waals surface area (Å²) in [6.45, 7) is 7.88. The van der Waals surface area contributed by atoms with Gasteiger partial charge in [-0.2, -0.15) is 4.98 Å². The zero-order valence-corrected chi connectivity index (χ0v) is 41.6. The molecule has 0 radical (unpaired) electrons. The van der Waals surface area contributed by atoms with Crippen LogP contribution in [-0.2, 0) is 32.3 Å². The van der Waals surface area contributed by atoms with Crippen LogP contribution in [-0.4, -0.2) is 127 Å². The molecule has 1 aromatic heterocycles. The molecule has 5 aromatic rings. The Morgan fingerprint density at radius 1 is 0.840 bits per heavy atom. The molecule has 0 bridgehead atoms. The summed E-state index contributed by atoms with van der Waals surface area (Å²) in [5.74, 6) is -0.576. The largest absolute Gasteiger partial charge is 0.497 e. The van der Waals surface area contributed by atoms with Crippen LogP contribution >= 0.6 is 0 Å². The molecule has 388 valence electrons. The number of fused-ring (bicyclic) bond motifs is 2. The number of unbranched alkanes of at least 4 members (excludes halogenated alkanes) is 2. The second kappa shape index (κ2) is 22.9. The van der Waals surface area contributed by atoms with Crippen LogP contribution in [0.1, 0.15) is 63.9 Å². The minimum atomic E-state index is -1.05. The number of nitrogens with one attached hydrogen (secondary N) is 4. The molecule has 5 heterocycles. The number of piperidine rings is 1. The van der Waals surface area contributed by atoms with Crippen molar-refractivity contribution in [2.45, 2.75) is 51.2 Å². The quantitative estimate of drug-likeness (QED) is 0.0434. The van der Waals surface area contributed by atoms with Gasteiger partial charge in [-0.05, 0) is 85.9 Å². The number of imide groups is 2. The molecule has 8 amide bonds. The third-order valence-corrected chi connectivity index (χ3v) is 13.3. The minimum absolute atomic E-state index is 0.0410. The lowest BCUT2D eigenvalue weighted by Crippen LogP contribution is -2.54. The van der Waals surface area contributed by atoms with Crippen LogP contribution in [0.3, 0.4) is 0 Å². The summed E-state index contributed by atoms with van der Waals surface area (Å²) in [5.41, 5.74) is 4.77. The summed E-state index contributed by atoms with van der Waals surface area (Å²) >= 11 is 0. The Kier molecular flexibility index (Phi) is 15.6. The van der Waals surface area contributed by atoms with Crippen LogP contribution in [0.5, 0.6) is 17.2 Å². The Morgan fingerprint density at radius 2 is 1.57 bits per heavy atom. The number of anilines is 6. The standard InChI is InChI=1S/C54H57N11O10/c1-4-45(66)57-36-13-11-34(12-14-36)31-64-49-35(32-63(54(64)72)39-27-40(73-2)29-41(28-39)74-3)30-56-53(60-49)58-37-15-17-38(18-16-37)62-24-22-61(23-25-62)33-47(68)55-21-6-5-7-26-75-44-10-8-9-42-48(44)52(71)65(51(42)70)43-19-20-46(67)59-50(43)69/h4,8-18,27-30,43H,1,5-7,19-26,31-33H2,2-3H3,(H,55,68)(H,57,66)(H,56,58,60)(H,59,67,69). The summed E-state index contributed by atoms with van der Waals surface area (Å²) < 4.78 is 16.9. The first kappa shape index (κ1) is 51.1. The van der Waals surface area contributed by atoms with E-state index in [1.165, 1.54) is 12.1 Å². The Hall–Kier alpha value is -8.85. The number of amides is 8. The second-order valence-electron chi connectivity index (χ2n) is 18.3. The number of rotatable bonds is 20. The lowest BCUT2D eigenvalue weighted by atomic mass is 10.0. The van der Waals surface area contributed by atoms with Crippen molar-refractivity contribution in [3.63, 3.8) is 0 Å². The monoisotopic (exact) mass is 1020 g/mol. The summed E-state index contributed by atoms with van der Waals surface area (Å²) in [5, 5.41) is 11.3. The number of hydrogen-bond acceptors (Lipinski definition) is 15. The maximum atomic E-state index is 14.4. The van der Waals surface area contributed by atoms with E-state index in [0.717, 1.165) is 53.3 Å². The van der Waals surface area contributed by atoms with E-state index in [1.54, 1.807) is 72.7 Å². The number of aromatic nitrogens is 2. The van der Waals surface area contributed by atoms with Gasteiger partial charge >= 0.3 is 6.03 Å². The number of ether oxygens (including phenoxy) is 3. The molecule has 2 saturated heterocycles. The molecule has 21 heteroatoms. The lowest BCUT2D eigenvalue weighted by Gasteiger charge is -2.36. The van der Waals surface area contributed by atoms with Gasteiger partial charge in [0.1, 0.15) is 29.1 Å². The molecule has 1 unspecified atom stereocenters. The molecule has 2 fully saturated rings. The van der Waals surface area contributed by atoms with E-state index in [1.807, 2.05) is 36.4 Å². The molecule has 0 spiro atoms. The van der Waals surface area contributed by atoms with Crippen LogP contribution in [0, 0.1) is 0 Å². The van der Waals surface area contributed by atoms with Gasteiger partial charge in [0.2, 0.25) is 29.6 Å². The van der Waals surface area contributed by atoms with Gasteiger partial charge in [-0.25, -0.2) is 9.78 Å². The van der Waals surface area contributed by atoms with Gasteiger partial charge in [0.25, 0.3) is 11.8 Å². The Bertz CT molecular complexity index is 2990. The number of carbonyl (C=O) groups excluding carboxylic acids is 7. The molecule has 4 N–H and O–H groups in total. The lowest BCUT2D eigenvalue weighted by molar-refractivity contribution is -0.136. The van der Waals surface area contributed by atoms with Crippen molar-refractivity contribution < 1.29 is 47.8 Å². The third-order valence-electron chi connectivity index (χ3n) is 13.3. The van der Waals surface area contributed by atoms with Gasteiger partial charge in [-0.15, -0.1) is 0 Å². The summed E-state index contributed by atoms with van der Waals surface area (Å²) in [4.78, 5) is 108. The molecule has 1 atom stereocenters. The van der Waals surface area contributed by atoms with Crippen molar-refractivity contribution >= 4 is 76.0 Å². The maximum absolute atomic E-state index is 14.4. The Morgan fingerprint density at radius 3 is 2.28 bits per heavy atom. The second-order valence-corrected chi connectivity index (χ2v) is 18.3. The predicted octanol–water partition coefficient (Wildman–Crippen LogP) is 5.40. The normalized spacial score (nSPS) is 16.5. The molecule has 4 aliphatic heterocycles. The van der Waals surface area contributed by atoms with Crippen LogP contribution in [0.25, 0.3) is 0 Å². The highest BCUT2D eigenvalue weighted by Gasteiger charge is 2.46. The maximum Gasteiger partial charge on any atom is 0.330 e. The zero-order chi connectivity index (χ0) is 52.6. The van der Waals surface area contributed by atoms with Gasteiger partial charge in [0.15, 0.2) is 0 Å². The highest BCUT2D eigenvalue weighted by atomic mass is 16.5. The van der Waals surface area contributed by atoms with E-state index in [2.05, 4.69) is 42.6 Å². The minimum Gasteiger partial charge on any atom is -0.497 e. The first-order valence-corrected chi connectivity index (χ1v) is 24.7. The summed E-state index contributed by atoms with van der Waals surface area (Å²) in [6.07, 6.45) is 5.17. The van der Waals surface area contributed by atoms with Gasteiger partial charge in [-0.3, -0.25) is 53.7 Å². The van der Waals surface area contributed by atoms with Crippen LogP contribution < -0.4 is 50.2 Å². The van der Waals surface area contributed by atoms with Gasteiger partial charge in [0.05, 0.1) is 57.3 Å². The van der Waals surface area contributed by atoms with Crippen molar-refractivity contribution in [2.75, 3.05) is 85.4 Å². The van der Waals surface area contributed by atoms with E-state index < -0.39 is 29.7 Å². The fraction of sp³-hybridized carbons (Fsp3) is 0.315. The Balaban J connectivity index is 0.732. The van der Waals surface area contributed by atoms with Crippen molar-refractivity contribution in [3.05, 3.63) is 126 Å². The predicted molar refractivity (Wildman–Crippen MR) is 278 cm³/mol. The number of urea groups is 1. The summed E-state index contributed by atoms with van der Waals surface area (Å²) in [7, 11) is 3.10. The SMILES string of the molecule is C=CC(=O)Nc1ccc(CN2C(=O)N(c3cc(OC)cc(OC)c3)Cc3cnc(Nc4ccc(N5CCN(CC(=O)NCCCCCOc6cccc7c6C(=O)N(C6CCC(=O)NC6=O)C7=O)CC5)cc4)nc32)cc1. The van der Waals surface area contributed by atoms with Crippen molar-refractivity contribution in [3.8, 4) is 17.2 Å². The molecule has 4 aromatic carbocycles. The number of methoxy groups -OCH3 is 2. The number of carbonyl (C=O) groups is 7. The molecule has 9 rings (SSSR count). The number of piperazine rings is 1. The molecule has 4 aliphatic rings. The van der Waals surface area contributed by atoms with Gasteiger partial charge in [-0.1, -0.05) is 24.8 Å². The average Bonchev–Trinajstić information content (AvgIpc) is 3.68. The molecular formula is C54H57N11O10. The average molecular weight is 1020 g/mol. The number of nitrogens with zero attached hydrogens (tertiary/aromatic N) is 7. The van der Waals surface area contributed by atoms with Gasteiger partial charge < -0.3 is 35.1 Å². The molecule has 0 aliphatic carbocycles. The molecule has 75 heavy (non-hydrogen) atoms. The highest BCUT2D eigenvalue weighted by molar-refractivity contribution is 6.24. The van der Waals surface area contributed by atoms with Crippen molar-refractivity contribution in [2.24, 2.45) is 0 Å². The van der Waals surface area contributed by atoms with Crippen molar-refractivity contribution in [1.29, 1.82) is 0 Å². The molecule has 0 saturated carbocycles. The van der Waals surface area contributed by atoms with Crippen molar-refractivity contribution in [1.82, 2.24) is 30.4 Å². The van der Waals surface area contributed by atoms with Crippen LogP contribution in [0.4, 0.5) is 39.3 Å². The molecular weight excluding hydrogens is 963 g/mol. The first-order valence-electron chi connectivity index (χ1n) is 24.7. The van der Waals surface area contributed by atoms with E-state index in [-0.39, 0.29) is 60.7 Å². The molecule has 21 nitrogen and oxygen atoms in total. The van der Waals surface area contributed by atoms with Gasteiger partial charge in [0, 0.05) is 86.2 Å². The smallest absolute Gasteiger partial charge is 0.330 e.